The summed E-state index contributed by atoms with van der Waals surface area (Å²) in [4.78, 5) is 12.7. The zero-order chi connectivity index (χ0) is 27.8. The van der Waals surface area contributed by atoms with Crippen molar-refractivity contribution < 1.29 is 19.0 Å². The number of amides is 1. The van der Waals surface area contributed by atoms with E-state index in [1.54, 1.807) is 45.4 Å². The van der Waals surface area contributed by atoms with Crippen LogP contribution in [0.2, 0.25) is 5.02 Å². The monoisotopic (exact) mass is 565 g/mol. The van der Waals surface area contributed by atoms with Crippen molar-refractivity contribution in [2.24, 2.45) is 5.10 Å². The van der Waals surface area contributed by atoms with Gasteiger partial charge in [0.05, 0.1) is 32.3 Å². The first-order chi connectivity index (χ1) is 18.9. The molecule has 202 valence electrons. The number of hydrazone groups is 1. The molecule has 0 atom stereocenters. The lowest BCUT2D eigenvalue weighted by Gasteiger charge is -2.11. The molecule has 0 aliphatic carbocycles. The predicted octanol–water partition coefficient (Wildman–Crippen LogP) is 5.64. The molecule has 0 saturated heterocycles. The topological polar surface area (TPSA) is 99.9 Å². The van der Waals surface area contributed by atoms with Gasteiger partial charge < -0.3 is 14.2 Å². The molecule has 0 fully saturated rings. The Morgan fingerprint density at radius 3 is 2.38 bits per heavy atom. The van der Waals surface area contributed by atoms with E-state index in [9.17, 15) is 4.79 Å². The molecule has 0 saturated carbocycles. The highest BCUT2D eigenvalue weighted by molar-refractivity contribution is 7.99. The van der Waals surface area contributed by atoms with Gasteiger partial charge in [-0.2, -0.15) is 5.10 Å². The summed E-state index contributed by atoms with van der Waals surface area (Å²) in [5.41, 5.74) is 5.70. The number of rotatable bonds is 11. The maximum absolute atomic E-state index is 12.7. The van der Waals surface area contributed by atoms with Crippen LogP contribution in [0.3, 0.4) is 0 Å². The number of halogens is 1. The Morgan fingerprint density at radius 1 is 1.00 bits per heavy atom. The van der Waals surface area contributed by atoms with E-state index >= 15 is 0 Å². The highest BCUT2D eigenvalue weighted by Gasteiger charge is 2.18. The van der Waals surface area contributed by atoms with Crippen LogP contribution in [0.25, 0.3) is 17.1 Å². The molecule has 0 spiro atoms. The number of ether oxygens (including phenoxy) is 3. The van der Waals surface area contributed by atoms with E-state index in [2.05, 4.69) is 20.7 Å². The molecular formula is C28H28ClN5O4S. The quantitative estimate of drug-likeness (QED) is 0.143. The molecule has 1 amide bonds. The van der Waals surface area contributed by atoms with Gasteiger partial charge in [-0.25, -0.2) is 5.43 Å². The third kappa shape index (κ3) is 6.90. The van der Waals surface area contributed by atoms with Gasteiger partial charge in [0.1, 0.15) is 5.75 Å². The smallest absolute Gasteiger partial charge is 0.250 e. The summed E-state index contributed by atoms with van der Waals surface area (Å²) in [5.74, 6) is 2.38. The Bertz CT molecular complexity index is 1460. The minimum atomic E-state index is -0.283. The summed E-state index contributed by atoms with van der Waals surface area (Å²) in [6.07, 6.45) is 0. The first kappa shape index (κ1) is 28.0. The minimum absolute atomic E-state index is 0.0818. The van der Waals surface area contributed by atoms with Gasteiger partial charge in [-0.05, 0) is 80.6 Å². The fourth-order valence-electron chi connectivity index (χ4n) is 3.67. The fraction of sp³-hybridized carbons (Fsp3) is 0.214. The van der Waals surface area contributed by atoms with Crippen LogP contribution in [-0.2, 0) is 4.79 Å². The van der Waals surface area contributed by atoms with E-state index in [1.165, 1.54) is 11.8 Å². The Balaban J connectivity index is 1.52. The van der Waals surface area contributed by atoms with E-state index in [1.807, 2.05) is 54.0 Å². The van der Waals surface area contributed by atoms with Gasteiger partial charge in [0, 0.05) is 21.8 Å². The van der Waals surface area contributed by atoms with Gasteiger partial charge in [-0.15, -0.1) is 10.2 Å². The summed E-state index contributed by atoms with van der Waals surface area (Å²) >= 11 is 7.34. The lowest BCUT2D eigenvalue weighted by Crippen LogP contribution is -2.21. The number of methoxy groups -OCH3 is 2. The number of hydrogen-bond acceptors (Lipinski definition) is 8. The van der Waals surface area contributed by atoms with Crippen LogP contribution in [0.4, 0.5) is 0 Å². The van der Waals surface area contributed by atoms with Gasteiger partial charge >= 0.3 is 0 Å². The van der Waals surface area contributed by atoms with Crippen molar-refractivity contribution in [3.05, 3.63) is 77.3 Å². The lowest BCUT2D eigenvalue weighted by atomic mass is 10.1. The van der Waals surface area contributed by atoms with Crippen LogP contribution in [0.5, 0.6) is 17.2 Å². The van der Waals surface area contributed by atoms with E-state index in [4.69, 9.17) is 25.8 Å². The highest BCUT2D eigenvalue weighted by atomic mass is 35.5. The van der Waals surface area contributed by atoms with Gasteiger partial charge in [0.2, 0.25) is 0 Å². The van der Waals surface area contributed by atoms with Gasteiger partial charge in [-0.1, -0.05) is 23.4 Å². The van der Waals surface area contributed by atoms with E-state index in [-0.39, 0.29) is 11.7 Å². The van der Waals surface area contributed by atoms with Crippen molar-refractivity contribution in [3.63, 3.8) is 0 Å². The van der Waals surface area contributed by atoms with Crippen LogP contribution in [0.15, 0.2) is 77.0 Å². The third-order valence-electron chi connectivity index (χ3n) is 5.62. The van der Waals surface area contributed by atoms with Crippen LogP contribution in [0.1, 0.15) is 19.4 Å². The molecular weight excluding hydrogens is 538 g/mol. The standard InChI is InChI=1S/C28H28ClN5O4S/c1-5-38-23-13-11-22(12-14-23)34-27(19-6-9-21(29)10-7-19)32-33-28(34)39-17-26(35)31-30-18(2)20-8-15-24(36-3)25(16-20)37-4/h6-16H,5,17H2,1-4H3,(H,31,35). The maximum Gasteiger partial charge on any atom is 0.250 e. The van der Waals surface area contributed by atoms with Crippen LogP contribution >= 0.6 is 23.4 Å². The van der Waals surface area contributed by atoms with Crippen molar-refractivity contribution in [2.45, 2.75) is 19.0 Å². The number of thioether (sulfide) groups is 1. The molecule has 1 aromatic heterocycles. The number of carbonyl (C=O) groups excluding carboxylic acids is 1. The molecule has 0 aliphatic rings. The molecule has 0 bridgehead atoms. The number of benzene rings is 3. The second kappa shape index (κ2) is 13.2. The SMILES string of the molecule is CCOc1ccc(-n2c(SCC(=O)NN=C(C)c3ccc(OC)c(OC)c3)nnc2-c2ccc(Cl)cc2)cc1. The highest BCUT2D eigenvalue weighted by Crippen LogP contribution is 2.30. The van der Waals surface area contributed by atoms with Gasteiger partial charge in [0.15, 0.2) is 22.5 Å². The molecule has 9 nitrogen and oxygen atoms in total. The van der Waals surface area contributed by atoms with Crippen LogP contribution in [-0.4, -0.2) is 53.0 Å². The first-order valence-electron chi connectivity index (χ1n) is 12.1. The molecule has 1 heterocycles. The van der Waals surface area contributed by atoms with Gasteiger partial charge in [-0.3, -0.25) is 9.36 Å². The molecule has 0 aliphatic heterocycles. The maximum atomic E-state index is 12.7. The van der Waals surface area contributed by atoms with E-state index in [0.29, 0.717) is 39.8 Å². The molecule has 0 unspecified atom stereocenters. The van der Waals surface area contributed by atoms with Crippen LogP contribution in [0, 0.1) is 0 Å². The Hall–Kier alpha value is -4.02. The number of nitrogens with zero attached hydrogens (tertiary/aromatic N) is 4. The molecule has 39 heavy (non-hydrogen) atoms. The van der Waals surface area contributed by atoms with Crippen molar-refractivity contribution in [2.75, 3.05) is 26.6 Å². The Morgan fingerprint density at radius 2 is 1.72 bits per heavy atom. The Kier molecular flexibility index (Phi) is 9.45. The lowest BCUT2D eigenvalue weighted by molar-refractivity contribution is -0.118. The molecule has 4 aromatic rings. The largest absolute Gasteiger partial charge is 0.494 e. The second-order valence-corrected chi connectivity index (χ2v) is 9.54. The number of hydrogen-bond donors (Lipinski definition) is 1. The summed E-state index contributed by atoms with van der Waals surface area (Å²) in [6, 6.07) is 20.4. The summed E-state index contributed by atoms with van der Waals surface area (Å²) in [7, 11) is 3.14. The second-order valence-electron chi connectivity index (χ2n) is 8.17. The molecule has 11 heteroatoms. The minimum Gasteiger partial charge on any atom is -0.494 e. The molecule has 0 radical (unpaired) electrons. The van der Waals surface area contributed by atoms with E-state index in [0.717, 1.165) is 22.6 Å². The van der Waals surface area contributed by atoms with Crippen molar-refractivity contribution >= 4 is 35.0 Å². The van der Waals surface area contributed by atoms with Crippen molar-refractivity contribution in [1.82, 2.24) is 20.2 Å². The summed E-state index contributed by atoms with van der Waals surface area (Å²) < 4.78 is 18.1. The van der Waals surface area contributed by atoms with Crippen LogP contribution < -0.4 is 19.6 Å². The normalized spacial score (nSPS) is 11.3. The first-order valence-corrected chi connectivity index (χ1v) is 13.4. The van der Waals surface area contributed by atoms with Crippen molar-refractivity contribution in [3.8, 4) is 34.3 Å². The number of nitrogens with one attached hydrogen (secondary N) is 1. The van der Waals surface area contributed by atoms with Gasteiger partial charge in [0.25, 0.3) is 5.91 Å². The fourth-order valence-corrected chi connectivity index (χ4v) is 4.54. The number of aromatic nitrogens is 3. The molecule has 3 aromatic carbocycles. The van der Waals surface area contributed by atoms with Crippen molar-refractivity contribution in [1.29, 1.82) is 0 Å². The average molecular weight is 566 g/mol. The molecule has 4 rings (SSSR count). The zero-order valence-corrected chi connectivity index (χ0v) is 23.5. The van der Waals surface area contributed by atoms with E-state index < -0.39 is 0 Å². The third-order valence-corrected chi connectivity index (χ3v) is 6.80. The summed E-state index contributed by atoms with van der Waals surface area (Å²) in [5, 5.41) is 14.2. The molecule has 1 N–H and O–H groups in total. The summed E-state index contributed by atoms with van der Waals surface area (Å²) in [6.45, 7) is 4.31. The Labute approximate surface area is 236 Å². The average Bonchev–Trinajstić information content (AvgIpc) is 3.39. The predicted molar refractivity (Wildman–Crippen MR) is 154 cm³/mol. The number of carbonyl (C=O) groups is 1. The zero-order valence-electron chi connectivity index (χ0n) is 22.0.